The van der Waals surface area contributed by atoms with Gasteiger partial charge in [0.25, 0.3) is 0 Å². The molecule has 0 aromatic rings. The van der Waals surface area contributed by atoms with Crippen LogP contribution in [0, 0.1) is 0 Å². The van der Waals surface area contributed by atoms with Gasteiger partial charge in [-0.2, -0.15) is 0 Å². The number of hydrogen-bond acceptors (Lipinski definition) is 3. The number of hydrogen-bond donors (Lipinski definition) is 2. The molecule has 2 atom stereocenters. The average Bonchev–Trinajstić information content (AvgIpc) is 2.01. The van der Waals surface area contributed by atoms with Gasteiger partial charge in [0.05, 0.1) is 8.07 Å². The largest absolute Gasteiger partial charge is 0.312 e. The van der Waals surface area contributed by atoms with E-state index >= 15 is 0 Å². The van der Waals surface area contributed by atoms with Crippen LogP contribution in [-0.2, 0) is 0 Å². The van der Waals surface area contributed by atoms with Gasteiger partial charge in [0.1, 0.15) is 12.0 Å². The number of hydrazine groups is 1. The van der Waals surface area contributed by atoms with Crippen molar-refractivity contribution < 1.29 is 4.39 Å². The van der Waals surface area contributed by atoms with E-state index in [1.54, 1.807) is 0 Å². The van der Waals surface area contributed by atoms with Gasteiger partial charge in [0.15, 0.2) is 0 Å². The Morgan fingerprint density at radius 2 is 2.15 bits per heavy atom. The minimum atomic E-state index is -1.41. The lowest BCUT2D eigenvalue weighted by atomic mass is 10.1. The molecule has 0 amide bonds. The van der Waals surface area contributed by atoms with Crippen molar-refractivity contribution in [3.05, 3.63) is 0 Å². The van der Waals surface area contributed by atoms with Crippen LogP contribution in [0.25, 0.3) is 0 Å². The molecule has 2 unspecified atom stereocenters. The zero-order chi connectivity index (χ0) is 10.1. The first kappa shape index (κ1) is 10.7. The molecule has 0 spiro atoms. The molecule has 76 valence electrons. The van der Waals surface area contributed by atoms with Gasteiger partial charge in [-0.1, -0.05) is 19.6 Å². The highest BCUT2D eigenvalue weighted by molar-refractivity contribution is 6.77. The van der Waals surface area contributed by atoms with Crippen LogP contribution in [0.2, 0.25) is 25.2 Å². The number of rotatable bonds is 1. The molecule has 0 fully saturated rings. The second-order valence-corrected chi connectivity index (χ2v) is 10.1. The number of nitrogens with one attached hydrogen (secondary N) is 1. The van der Waals surface area contributed by atoms with Crippen LogP contribution in [0.3, 0.4) is 0 Å². The first-order valence-corrected chi connectivity index (χ1v) is 8.17. The van der Waals surface area contributed by atoms with E-state index in [2.05, 4.69) is 30.1 Å². The van der Waals surface area contributed by atoms with Crippen molar-refractivity contribution >= 4 is 13.9 Å². The highest BCUT2D eigenvalue weighted by Crippen LogP contribution is 2.32. The zero-order valence-electron chi connectivity index (χ0n) is 8.47. The van der Waals surface area contributed by atoms with E-state index in [-0.39, 0.29) is 5.54 Å². The van der Waals surface area contributed by atoms with E-state index in [1.807, 2.05) is 0 Å². The Morgan fingerprint density at radius 1 is 1.54 bits per heavy atom. The molecule has 1 heterocycles. The van der Waals surface area contributed by atoms with Crippen LogP contribution in [0.4, 0.5) is 4.39 Å². The van der Waals surface area contributed by atoms with Gasteiger partial charge >= 0.3 is 0 Å². The van der Waals surface area contributed by atoms with E-state index in [1.165, 1.54) is 0 Å². The maximum atomic E-state index is 13.6. The van der Waals surface area contributed by atoms with Crippen molar-refractivity contribution in [1.82, 2.24) is 5.43 Å². The monoisotopic (exact) mass is 203 g/mol. The lowest BCUT2D eigenvalue weighted by Crippen LogP contribution is -2.43. The third-order valence-electron chi connectivity index (χ3n) is 2.58. The van der Waals surface area contributed by atoms with Gasteiger partial charge in [-0.05, 0) is 0 Å². The Labute approximate surface area is 79.6 Å². The van der Waals surface area contributed by atoms with E-state index in [4.69, 9.17) is 5.84 Å². The average molecular weight is 203 g/mol. The van der Waals surface area contributed by atoms with Crippen molar-refractivity contribution in [1.29, 1.82) is 0 Å². The fourth-order valence-electron chi connectivity index (χ4n) is 1.64. The molecule has 0 saturated carbocycles. The molecule has 1 rings (SSSR count). The Morgan fingerprint density at radius 3 is 2.54 bits per heavy atom. The summed E-state index contributed by atoms with van der Waals surface area (Å²) in [5.74, 6) is 5.78. The second kappa shape index (κ2) is 3.75. The van der Waals surface area contributed by atoms with Gasteiger partial charge in [-0.15, -0.1) is 0 Å². The summed E-state index contributed by atoms with van der Waals surface area (Å²) in [6.07, 6.45) is -0.416. The van der Waals surface area contributed by atoms with Crippen LogP contribution >= 0.6 is 0 Å². The molecule has 0 aromatic carbocycles. The second-order valence-electron chi connectivity index (χ2n) is 4.62. The van der Waals surface area contributed by atoms with E-state index < -0.39 is 14.2 Å². The van der Waals surface area contributed by atoms with Gasteiger partial charge in [0.2, 0.25) is 0 Å². The molecule has 0 bridgehead atoms. The summed E-state index contributed by atoms with van der Waals surface area (Å²) in [6.45, 7) is 7.14. The summed E-state index contributed by atoms with van der Waals surface area (Å²) >= 11 is 0. The molecule has 13 heavy (non-hydrogen) atoms. The fraction of sp³-hybridized carbons (Fsp3) is 0.875. The predicted octanol–water partition coefficient (Wildman–Crippen LogP) is 1.30. The lowest BCUT2D eigenvalue weighted by Gasteiger charge is -2.33. The van der Waals surface area contributed by atoms with Crippen LogP contribution in [-0.4, -0.2) is 26.6 Å². The topological polar surface area (TPSA) is 50.4 Å². The number of alkyl halides is 1. The Balaban J connectivity index is 2.68. The molecule has 3 nitrogen and oxygen atoms in total. The Bertz CT molecular complexity index is 212. The minimum Gasteiger partial charge on any atom is -0.312 e. The third-order valence-corrected chi connectivity index (χ3v) is 5.35. The summed E-state index contributed by atoms with van der Waals surface area (Å²) < 4.78 is 13.6. The molecule has 0 aromatic heterocycles. The lowest BCUT2D eigenvalue weighted by molar-refractivity contribution is 0.312. The van der Waals surface area contributed by atoms with Gasteiger partial charge in [-0.3, -0.25) is 4.99 Å². The first-order valence-electron chi connectivity index (χ1n) is 4.59. The van der Waals surface area contributed by atoms with Crippen molar-refractivity contribution in [2.24, 2.45) is 10.8 Å². The van der Waals surface area contributed by atoms with Crippen molar-refractivity contribution in [2.45, 2.75) is 37.8 Å². The summed E-state index contributed by atoms with van der Waals surface area (Å²) in [7, 11) is -1.41. The van der Waals surface area contributed by atoms with Crippen molar-refractivity contribution in [3.63, 3.8) is 0 Å². The van der Waals surface area contributed by atoms with Gasteiger partial charge in [0, 0.05) is 18.5 Å². The summed E-state index contributed by atoms with van der Waals surface area (Å²) in [5, 5.41) is 0. The molecule has 5 heteroatoms. The van der Waals surface area contributed by atoms with E-state index in [9.17, 15) is 4.39 Å². The molecule has 1 aliphatic rings. The molecule has 3 N–H and O–H groups in total. The minimum absolute atomic E-state index is 0.143. The van der Waals surface area contributed by atoms with Crippen LogP contribution in [0.15, 0.2) is 4.99 Å². The van der Waals surface area contributed by atoms with Gasteiger partial charge < -0.3 is 5.43 Å². The van der Waals surface area contributed by atoms with E-state index in [0.29, 0.717) is 18.8 Å². The molecule has 0 saturated heterocycles. The summed E-state index contributed by atoms with van der Waals surface area (Å²) in [6, 6.07) is 0. The molecular weight excluding hydrogens is 185 g/mol. The van der Waals surface area contributed by atoms with Gasteiger partial charge in [-0.25, -0.2) is 10.2 Å². The maximum absolute atomic E-state index is 13.6. The predicted molar refractivity (Wildman–Crippen MR) is 56.2 cm³/mol. The van der Waals surface area contributed by atoms with E-state index in [0.717, 1.165) is 0 Å². The van der Waals surface area contributed by atoms with Crippen molar-refractivity contribution in [2.75, 3.05) is 6.54 Å². The number of amidine groups is 1. The van der Waals surface area contributed by atoms with Crippen LogP contribution in [0.1, 0.15) is 6.42 Å². The normalized spacial score (nSPS) is 29.8. The Hall–Kier alpha value is -0.423. The standard InChI is InChI=1S/C8H18FN3Si/c1-13(2,3)7-5-11-8(12-10)4-6(7)9/h6-7H,4-5,10H2,1-3H3,(H,11,12). The molecular formula is C8H18FN3Si. The highest BCUT2D eigenvalue weighted by atomic mass is 28.3. The highest BCUT2D eigenvalue weighted by Gasteiger charge is 2.36. The molecule has 1 aliphatic heterocycles. The fourth-order valence-corrected chi connectivity index (χ4v) is 3.48. The van der Waals surface area contributed by atoms with Crippen LogP contribution in [0.5, 0.6) is 0 Å². The molecule has 0 aliphatic carbocycles. The van der Waals surface area contributed by atoms with Crippen molar-refractivity contribution in [3.8, 4) is 0 Å². The third kappa shape index (κ3) is 2.51. The first-order chi connectivity index (χ1) is 5.95. The zero-order valence-corrected chi connectivity index (χ0v) is 9.47. The Kier molecular flexibility index (Phi) is 3.08. The van der Waals surface area contributed by atoms with Crippen LogP contribution < -0.4 is 11.3 Å². The number of halogens is 1. The summed E-state index contributed by atoms with van der Waals surface area (Å²) in [5.41, 5.74) is 2.57. The number of nitrogens with zero attached hydrogens (tertiary/aromatic N) is 1. The molecule has 0 radical (unpaired) electrons. The number of aliphatic imine (C=N–C) groups is 1. The maximum Gasteiger partial charge on any atom is 0.113 e. The number of nitrogens with two attached hydrogens (primary N) is 1. The summed E-state index contributed by atoms with van der Waals surface area (Å²) in [4.78, 5) is 4.22. The smallest absolute Gasteiger partial charge is 0.113 e. The SMILES string of the molecule is C[Si](C)(C)C1CN=C(NN)CC1F. The quantitative estimate of drug-likeness (QED) is 0.383.